The van der Waals surface area contributed by atoms with Gasteiger partial charge in [0.15, 0.2) is 0 Å². The van der Waals surface area contributed by atoms with Gasteiger partial charge < -0.3 is 0 Å². The molecule has 0 N–H and O–H groups in total. The van der Waals surface area contributed by atoms with Crippen molar-refractivity contribution in [2.75, 3.05) is 0 Å². The van der Waals surface area contributed by atoms with Gasteiger partial charge >= 0.3 is 0 Å². The number of rotatable bonds is 2. The standard InChI is InChI=1S/C11H13F/c1-9-4-2-3-5-10(9)8-11(12)6-7-11/h2-5H,6-8H2,1H3. The second-order valence-electron chi connectivity index (χ2n) is 3.75. The quantitative estimate of drug-likeness (QED) is 0.630. The molecule has 2 rings (SSSR count). The molecule has 0 bridgehead atoms. The van der Waals surface area contributed by atoms with Crippen LogP contribution in [-0.4, -0.2) is 5.67 Å². The molecule has 12 heavy (non-hydrogen) atoms. The van der Waals surface area contributed by atoms with E-state index in [2.05, 4.69) is 0 Å². The van der Waals surface area contributed by atoms with Crippen LogP contribution < -0.4 is 0 Å². The molecule has 0 heterocycles. The predicted molar refractivity (Wildman–Crippen MR) is 48.0 cm³/mol. The Balaban J connectivity index is 2.17. The fraction of sp³-hybridized carbons (Fsp3) is 0.455. The summed E-state index contributed by atoms with van der Waals surface area (Å²) in [6, 6.07) is 8.04. The monoisotopic (exact) mass is 164 g/mol. The molecule has 0 radical (unpaired) electrons. The van der Waals surface area contributed by atoms with E-state index in [1.54, 1.807) is 0 Å². The number of benzene rings is 1. The van der Waals surface area contributed by atoms with Gasteiger partial charge in [-0.05, 0) is 30.9 Å². The highest BCUT2D eigenvalue weighted by Crippen LogP contribution is 2.42. The first kappa shape index (κ1) is 7.78. The number of aryl methyl sites for hydroxylation is 1. The van der Waals surface area contributed by atoms with Crippen LogP contribution in [0.1, 0.15) is 24.0 Å². The molecule has 1 aliphatic rings. The van der Waals surface area contributed by atoms with Crippen molar-refractivity contribution in [1.29, 1.82) is 0 Å². The zero-order valence-corrected chi connectivity index (χ0v) is 7.31. The summed E-state index contributed by atoms with van der Waals surface area (Å²) in [6.45, 7) is 2.04. The van der Waals surface area contributed by atoms with Crippen LogP contribution in [0.25, 0.3) is 0 Å². The molecular weight excluding hydrogens is 151 g/mol. The Kier molecular flexibility index (Phi) is 1.67. The summed E-state index contributed by atoms with van der Waals surface area (Å²) >= 11 is 0. The molecular formula is C11H13F. The van der Waals surface area contributed by atoms with Crippen LogP contribution in [0.15, 0.2) is 24.3 Å². The Morgan fingerprint density at radius 2 is 2.00 bits per heavy atom. The average Bonchev–Trinajstić information content (AvgIpc) is 2.74. The lowest BCUT2D eigenvalue weighted by Gasteiger charge is -2.07. The van der Waals surface area contributed by atoms with Crippen LogP contribution in [0.4, 0.5) is 4.39 Å². The van der Waals surface area contributed by atoms with Crippen LogP contribution >= 0.6 is 0 Å². The summed E-state index contributed by atoms with van der Waals surface area (Å²) in [5.41, 5.74) is 1.52. The third kappa shape index (κ3) is 1.50. The fourth-order valence-electron chi connectivity index (χ4n) is 1.46. The van der Waals surface area contributed by atoms with Gasteiger partial charge in [0, 0.05) is 6.42 Å². The molecule has 0 amide bonds. The number of alkyl halides is 1. The first-order valence-corrected chi connectivity index (χ1v) is 4.43. The smallest absolute Gasteiger partial charge is 0.115 e. The van der Waals surface area contributed by atoms with E-state index in [4.69, 9.17) is 0 Å². The zero-order valence-electron chi connectivity index (χ0n) is 7.31. The third-order valence-electron chi connectivity index (χ3n) is 2.56. The third-order valence-corrected chi connectivity index (χ3v) is 2.56. The van der Waals surface area contributed by atoms with Crippen molar-refractivity contribution in [2.24, 2.45) is 0 Å². The minimum absolute atomic E-state index is 0.611. The van der Waals surface area contributed by atoms with E-state index in [-0.39, 0.29) is 0 Å². The van der Waals surface area contributed by atoms with Crippen molar-refractivity contribution >= 4 is 0 Å². The van der Waals surface area contributed by atoms with Gasteiger partial charge in [0.05, 0.1) is 0 Å². The molecule has 1 aromatic carbocycles. The van der Waals surface area contributed by atoms with Crippen molar-refractivity contribution in [2.45, 2.75) is 31.9 Å². The highest BCUT2D eigenvalue weighted by atomic mass is 19.1. The molecule has 1 fully saturated rings. The lowest BCUT2D eigenvalue weighted by atomic mass is 10.0. The minimum Gasteiger partial charge on any atom is -0.244 e. The van der Waals surface area contributed by atoms with E-state index >= 15 is 0 Å². The summed E-state index contributed by atoms with van der Waals surface area (Å²) in [7, 11) is 0. The molecule has 0 atom stereocenters. The van der Waals surface area contributed by atoms with Crippen LogP contribution in [0.5, 0.6) is 0 Å². The molecule has 0 unspecified atom stereocenters. The maximum absolute atomic E-state index is 13.4. The largest absolute Gasteiger partial charge is 0.244 e. The van der Waals surface area contributed by atoms with Crippen molar-refractivity contribution in [3.05, 3.63) is 35.4 Å². The summed E-state index contributed by atoms with van der Waals surface area (Å²) in [4.78, 5) is 0. The molecule has 0 saturated heterocycles. The van der Waals surface area contributed by atoms with E-state index in [9.17, 15) is 4.39 Å². The second kappa shape index (κ2) is 2.58. The van der Waals surface area contributed by atoms with Gasteiger partial charge in [-0.25, -0.2) is 4.39 Å². The van der Waals surface area contributed by atoms with Crippen LogP contribution in [0, 0.1) is 6.92 Å². The molecule has 0 aliphatic heterocycles. The van der Waals surface area contributed by atoms with Gasteiger partial charge in [0.1, 0.15) is 5.67 Å². The van der Waals surface area contributed by atoms with E-state index in [0.29, 0.717) is 6.42 Å². The summed E-state index contributed by atoms with van der Waals surface area (Å²) in [5.74, 6) is 0. The fourth-order valence-corrected chi connectivity index (χ4v) is 1.46. The van der Waals surface area contributed by atoms with Crippen molar-refractivity contribution in [1.82, 2.24) is 0 Å². The highest BCUT2D eigenvalue weighted by Gasteiger charge is 2.43. The second-order valence-corrected chi connectivity index (χ2v) is 3.75. The molecule has 1 saturated carbocycles. The Bertz CT molecular complexity index is 287. The maximum Gasteiger partial charge on any atom is 0.115 e. The molecule has 0 aromatic heterocycles. The Hall–Kier alpha value is -0.850. The van der Waals surface area contributed by atoms with E-state index < -0.39 is 5.67 Å². The first-order valence-electron chi connectivity index (χ1n) is 4.43. The Morgan fingerprint density at radius 3 is 2.58 bits per heavy atom. The van der Waals surface area contributed by atoms with Crippen molar-refractivity contribution < 1.29 is 4.39 Å². The van der Waals surface area contributed by atoms with Crippen LogP contribution in [0.2, 0.25) is 0 Å². The topological polar surface area (TPSA) is 0 Å². The van der Waals surface area contributed by atoms with Crippen LogP contribution in [-0.2, 0) is 6.42 Å². The highest BCUT2D eigenvalue weighted by molar-refractivity contribution is 5.28. The van der Waals surface area contributed by atoms with Gasteiger partial charge in [0.2, 0.25) is 0 Å². The molecule has 1 aliphatic carbocycles. The van der Waals surface area contributed by atoms with Gasteiger partial charge in [0.25, 0.3) is 0 Å². The average molecular weight is 164 g/mol. The summed E-state index contributed by atoms with van der Waals surface area (Å²) in [5, 5.41) is 0. The maximum atomic E-state index is 13.4. The SMILES string of the molecule is Cc1ccccc1CC1(F)CC1. The Labute approximate surface area is 72.4 Å². The zero-order chi connectivity index (χ0) is 8.60. The molecule has 0 spiro atoms. The summed E-state index contributed by atoms with van der Waals surface area (Å²) < 4.78 is 13.4. The molecule has 64 valence electrons. The van der Waals surface area contributed by atoms with E-state index in [1.165, 1.54) is 5.56 Å². The van der Waals surface area contributed by atoms with Gasteiger partial charge in [-0.2, -0.15) is 0 Å². The minimum atomic E-state index is -0.855. The normalized spacial score (nSPS) is 19.2. The van der Waals surface area contributed by atoms with Gasteiger partial charge in [-0.15, -0.1) is 0 Å². The Morgan fingerprint density at radius 1 is 1.33 bits per heavy atom. The van der Waals surface area contributed by atoms with Gasteiger partial charge in [-0.3, -0.25) is 0 Å². The van der Waals surface area contributed by atoms with Gasteiger partial charge in [-0.1, -0.05) is 24.3 Å². The van der Waals surface area contributed by atoms with Crippen molar-refractivity contribution in [3.63, 3.8) is 0 Å². The summed E-state index contributed by atoms with van der Waals surface area (Å²) in [6.07, 6.45) is 2.11. The first-order chi connectivity index (χ1) is 5.70. The van der Waals surface area contributed by atoms with E-state index in [0.717, 1.165) is 18.4 Å². The van der Waals surface area contributed by atoms with Crippen molar-refractivity contribution in [3.8, 4) is 0 Å². The number of halogens is 1. The molecule has 1 heteroatoms. The lowest BCUT2D eigenvalue weighted by Crippen LogP contribution is -2.05. The number of hydrogen-bond acceptors (Lipinski definition) is 0. The lowest BCUT2D eigenvalue weighted by molar-refractivity contribution is 0.307. The predicted octanol–water partition coefficient (Wildman–Crippen LogP) is 3.04. The van der Waals surface area contributed by atoms with Crippen LogP contribution in [0.3, 0.4) is 0 Å². The molecule has 1 aromatic rings. The van der Waals surface area contributed by atoms with E-state index in [1.807, 2.05) is 31.2 Å². The molecule has 0 nitrogen and oxygen atoms in total. The number of hydrogen-bond donors (Lipinski definition) is 0.